The molecule has 0 saturated heterocycles. The zero-order chi connectivity index (χ0) is 16.6. The van der Waals surface area contributed by atoms with Crippen LogP contribution < -0.4 is 5.73 Å². The van der Waals surface area contributed by atoms with Gasteiger partial charge in [0.25, 0.3) is 0 Å². The Balaban J connectivity index is 2.08. The third-order valence-electron chi connectivity index (χ3n) is 3.34. The monoisotopic (exact) mass is 323 g/mol. The Hall–Kier alpha value is -2.83. The van der Waals surface area contributed by atoms with E-state index in [2.05, 4.69) is 0 Å². The van der Waals surface area contributed by atoms with Crippen LogP contribution in [0.1, 0.15) is 17.7 Å². The highest BCUT2D eigenvalue weighted by Crippen LogP contribution is 2.44. The molecule has 3 rings (SSSR count). The molecule has 23 heavy (non-hydrogen) atoms. The number of rotatable bonds is 2. The maximum atomic E-state index is 12.8. The molecule has 0 radical (unpaired) electrons. The molecule has 0 amide bonds. The lowest BCUT2D eigenvalue weighted by molar-refractivity contribution is -0.137. The van der Waals surface area contributed by atoms with Gasteiger partial charge in [-0.25, -0.2) is 0 Å². The van der Waals surface area contributed by atoms with Crippen molar-refractivity contribution in [1.29, 1.82) is 0 Å². The fourth-order valence-corrected chi connectivity index (χ4v) is 2.28. The number of benzene rings is 1. The number of nitrogens with two attached hydrogens (primary N) is 1. The number of aromatic hydroxyl groups is 1. The van der Waals surface area contributed by atoms with Crippen LogP contribution in [0.2, 0.25) is 0 Å². The van der Waals surface area contributed by atoms with Crippen molar-refractivity contribution in [2.24, 2.45) is 0 Å². The maximum Gasteiger partial charge on any atom is 0.416 e. The van der Waals surface area contributed by atoms with E-state index in [-0.39, 0.29) is 34.3 Å². The first-order valence-corrected chi connectivity index (χ1v) is 6.69. The van der Waals surface area contributed by atoms with Crippen LogP contribution in [-0.4, -0.2) is 5.11 Å². The van der Waals surface area contributed by atoms with Gasteiger partial charge in [-0.1, -0.05) is 12.1 Å². The van der Waals surface area contributed by atoms with Crippen molar-refractivity contribution in [3.63, 3.8) is 0 Å². The Labute approximate surface area is 129 Å². The molecular formula is C16H12F3NO3. The summed E-state index contributed by atoms with van der Waals surface area (Å²) in [6.07, 6.45) is 0.924. The van der Waals surface area contributed by atoms with Gasteiger partial charge in [-0.05, 0) is 36.3 Å². The number of alkyl halides is 3. The van der Waals surface area contributed by atoms with Crippen LogP contribution in [0.3, 0.4) is 0 Å². The molecule has 0 fully saturated rings. The van der Waals surface area contributed by atoms with E-state index in [4.69, 9.17) is 14.9 Å². The van der Waals surface area contributed by atoms with Crippen LogP contribution >= 0.6 is 0 Å². The number of hydrogen-bond donors (Lipinski definition) is 2. The molecule has 2 heterocycles. The maximum absolute atomic E-state index is 12.8. The lowest BCUT2D eigenvalue weighted by atomic mass is 10.0. The summed E-state index contributed by atoms with van der Waals surface area (Å²) in [6.45, 7) is 0. The van der Waals surface area contributed by atoms with Crippen LogP contribution in [0.15, 0.2) is 47.1 Å². The minimum Gasteiger partial charge on any atom is -0.504 e. The molecule has 120 valence electrons. The van der Waals surface area contributed by atoms with Gasteiger partial charge >= 0.3 is 6.18 Å². The van der Waals surface area contributed by atoms with E-state index in [9.17, 15) is 18.3 Å². The Bertz CT molecular complexity index is 803. The van der Waals surface area contributed by atoms with E-state index in [0.29, 0.717) is 6.42 Å². The highest BCUT2D eigenvalue weighted by molar-refractivity contribution is 5.84. The number of halogens is 3. The lowest BCUT2D eigenvalue weighted by Crippen LogP contribution is -2.04. The fourth-order valence-electron chi connectivity index (χ4n) is 2.28. The standard InChI is InChI=1S/C16H12F3NO3/c17-16(18,19)10-5-3-4-9(8-10)12-13(21)14(23-15(12)20)11-6-1-2-7-22-11/h2-8,21H,1,20H2. The second-order valence-electron chi connectivity index (χ2n) is 4.89. The number of anilines is 1. The van der Waals surface area contributed by atoms with Crippen molar-refractivity contribution in [3.05, 3.63) is 54.0 Å². The van der Waals surface area contributed by atoms with Crippen molar-refractivity contribution in [1.82, 2.24) is 0 Å². The molecule has 2 aromatic rings. The molecule has 1 aromatic heterocycles. The van der Waals surface area contributed by atoms with Gasteiger partial charge in [-0.3, -0.25) is 0 Å². The molecule has 1 aliphatic rings. The zero-order valence-corrected chi connectivity index (χ0v) is 11.7. The summed E-state index contributed by atoms with van der Waals surface area (Å²) in [7, 11) is 0. The molecule has 0 spiro atoms. The molecule has 0 bridgehead atoms. The largest absolute Gasteiger partial charge is 0.504 e. The third-order valence-corrected chi connectivity index (χ3v) is 3.34. The highest BCUT2D eigenvalue weighted by atomic mass is 19.4. The van der Waals surface area contributed by atoms with Gasteiger partial charge in [0, 0.05) is 0 Å². The van der Waals surface area contributed by atoms with Crippen LogP contribution in [-0.2, 0) is 10.9 Å². The normalized spacial score (nSPS) is 14.5. The van der Waals surface area contributed by atoms with Crippen molar-refractivity contribution in [3.8, 4) is 16.9 Å². The van der Waals surface area contributed by atoms with Gasteiger partial charge in [0.2, 0.25) is 11.6 Å². The van der Waals surface area contributed by atoms with Crippen LogP contribution in [0.4, 0.5) is 19.1 Å². The summed E-state index contributed by atoms with van der Waals surface area (Å²) in [6, 6.07) is 4.49. The van der Waals surface area contributed by atoms with E-state index in [0.717, 1.165) is 12.1 Å². The van der Waals surface area contributed by atoms with E-state index in [1.165, 1.54) is 18.4 Å². The molecule has 0 aliphatic carbocycles. The van der Waals surface area contributed by atoms with Crippen molar-refractivity contribution < 1.29 is 27.4 Å². The molecule has 0 saturated carbocycles. The van der Waals surface area contributed by atoms with Gasteiger partial charge in [0.15, 0.2) is 11.5 Å². The van der Waals surface area contributed by atoms with Gasteiger partial charge in [0.05, 0.1) is 17.4 Å². The summed E-state index contributed by atoms with van der Waals surface area (Å²) in [4.78, 5) is 0. The second kappa shape index (κ2) is 5.42. The summed E-state index contributed by atoms with van der Waals surface area (Å²) < 4.78 is 49.0. The van der Waals surface area contributed by atoms with Crippen molar-refractivity contribution >= 4 is 11.6 Å². The van der Waals surface area contributed by atoms with E-state index < -0.39 is 11.7 Å². The van der Waals surface area contributed by atoms with Crippen LogP contribution in [0.25, 0.3) is 16.9 Å². The van der Waals surface area contributed by atoms with Crippen LogP contribution in [0, 0.1) is 0 Å². The molecule has 0 unspecified atom stereocenters. The van der Waals surface area contributed by atoms with Crippen LogP contribution in [0.5, 0.6) is 5.75 Å². The second-order valence-corrected chi connectivity index (χ2v) is 4.89. The summed E-state index contributed by atoms with van der Waals surface area (Å²) in [5.41, 5.74) is 5.00. The number of ether oxygens (including phenoxy) is 1. The molecule has 3 N–H and O–H groups in total. The minimum atomic E-state index is -4.49. The molecular weight excluding hydrogens is 311 g/mol. The van der Waals surface area contributed by atoms with Crippen molar-refractivity contribution in [2.45, 2.75) is 12.6 Å². The fraction of sp³-hybridized carbons (Fsp3) is 0.125. The Morgan fingerprint density at radius 1 is 1.22 bits per heavy atom. The smallest absolute Gasteiger partial charge is 0.416 e. The first-order chi connectivity index (χ1) is 10.9. The van der Waals surface area contributed by atoms with Crippen molar-refractivity contribution in [2.75, 3.05) is 5.73 Å². The number of furan rings is 1. The number of nitrogen functional groups attached to an aromatic ring is 1. The average Bonchev–Trinajstić information content (AvgIpc) is 2.82. The van der Waals surface area contributed by atoms with Gasteiger partial charge < -0.3 is 20.0 Å². The number of hydrogen-bond acceptors (Lipinski definition) is 4. The van der Waals surface area contributed by atoms with E-state index in [1.54, 1.807) is 12.2 Å². The molecule has 4 nitrogen and oxygen atoms in total. The number of allylic oxidation sites excluding steroid dienone is 2. The first-order valence-electron chi connectivity index (χ1n) is 6.69. The molecule has 1 aliphatic heterocycles. The summed E-state index contributed by atoms with van der Waals surface area (Å²) in [5, 5.41) is 10.3. The Kier molecular flexibility index (Phi) is 3.55. The van der Waals surface area contributed by atoms with Gasteiger partial charge in [0.1, 0.15) is 0 Å². The van der Waals surface area contributed by atoms with Gasteiger partial charge in [-0.2, -0.15) is 13.2 Å². The van der Waals surface area contributed by atoms with Gasteiger partial charge in [-0.15, -0.1) is 0 Å². The third kappa shape index (κ3) is 2.77. The SMILES string of the molecule is Nc1oc(C2=CCC=CO2)c(O)c1-c1cccc(C(F)(F)F)c1. The Morgan fingerprint density at radius 2 is 2.00 bits per heavy atom. The predicted molar refractivity (Wildman–Crippen MR) is 78.0 cm³/mol. The molecule has 7 heteroatoms. The molecule has 1 aromatic carbocycles. The topological polar surface area (TPSA) is 68.6 Å². The molecule has 0 atom stereocenters. The average molecular weight is 323 g/mol. The minimum absolute atomic E-state index is 0.00477. The summed E-state index contributed by atoms with van der Waals surface area (Å²) >= 11 is 0. The summed E-state index contributed by atoms with van der Waals surface area (Å²) in [5.74, 6) is -0.298. The highest BCUT2D eigenvalue weighted by Gasteiger charge is 2.31. The van der Waals surface area contributed by atoms with E-state index in [1.807, 2.05) is 0 Å². The zero-order valence-electron chi connectivity index (χ0n) is 11.7. The Morgan fingerprint density at radius 3 is 2.65 bits per heavy atom. The quantitative estimate of drug-likeness (QED) is 0.852. The predicted octanol–water partition coefficient (Wildman–Crippen LogP) is 4.53. The van der Waals surface area contributed by atoms with E-state index >= 15 is 0 Å². The first kappa shape index (κ1) is 15.1. The lowest BCUT2D eigenvalue weighted by Gasteiger charge is -2.09.